The standard InChI is InChI=1S/C37H45Cl2NO8.C7H13NO.C6H13N.C5H12O3S.ClH.2H3N/c1-6-29(47-35(43)21-40)22-44-30-14-10-25(11-15-30)36(2,3)27-8-7-9-28(18-27)37(4,5)26-12-16-31(17-13-26)45-23-32(48-34(42)20-39)24-46-33(41)19-38;1-5-6(9)8-7(2,3)4;1-6(2,3)7-4-5-7;1-5(2,3)8-9(4,6)7;;;/h7-18,29,32H,6,19-24,40H2,1-5H3;5H,1H2,2-4H3,(H,8,9);4-5H2,1-3H3;1-4H3;1H;2*1H3. The number of carbonyl (C=O) groups is 4. The van der Waals surface area contributed by atoms with E-state index in [1.165, 1.54) is 24.7 Å². The zero-order valence-electron chi connectivity index (χ0n) is 47.7. The summed E-state index contributed by atoms with van der Waals surface area (Å²) < 4.78 is 52.8. The van der Waals surface area contributed by atoms with E-state index in [2.05, 4.69) is 112 Å². The van der Waals surface area contributed by atoms with E-state index in [9.17, 15) is 27.6 Å². The first-order valence-corrected chi connectivity index (χ1v) is 27.1. The van der Waals surface area contributed by atoms with Crippen LogP contribution in [0.4, 0.5) is 0 Å². The second-order valence-electron chi connectivity index (χ2n) is 21.3. The molecule has 1 aliphatic rings. The number of nitrogens with zero attached hydrogens (tertiary/aromatic N) is 1. The molecule has 1 saturated heterocycles. The van der Waals surface area contributed by atoms with Gasteiger partial charge in [0.1, 0.15) is 49.2 Å². The van der Waals surface area contributed by atoms with Gasteiger partial charge in [-0.2, -0.15) is 8.42 Å². The van der Waals surface area contributed by atoms with Crippen LogP contribution in [0.5, 0.6) is 11.5 Å². The number of amides is 1. The first kappa shape index (κ1) is 75.7. The Hall–Kier alpha value is -4.50. The minimum atomic E-state index is -3.28. The predicted molar refractivity (Wildman–Crippen MR) is 300 cm³/mol. The lowest BCUT2D eigenvalue weighted by molar-refractivity contribution is -0.360. The molecule has 1 fully saturated rings. The number of quaternary nitrogens is 1. The lowest BCUT2D eigenvalue weighted by atomic mass is 9.73. The van der Waals surface area contributed by atoms with Crippen molar-refractivity contribution in [3.05, 3.63) is 108 Å². The van der Waals surface area contributed by atoms with E-state index in [1.807, 2.05) is 64.1 Å². The molecule has 17 nitrogen and oxygen atoms in total. The normalized spacial score (nSPS) is 13.1. The smallest absolute Gasteiger partial charge is 0.361 e. The Labute approximate surface area is 470 Å². The Morgan fingerprint density at radius 2 is 1.11 bits per heavy atom. The fourth-order valence-corrected chi connectivity index (χ4v) is 7.63. The third kappa shape index (κ3) is 31.0. The van der Waals surface area contributed by atoms with Crippen LogP contribution in [0.25, 0.3) is 0 Å². The summed E-state index contributed by atoms with van der Waals surface area (Å²) >= 11 is 11.0. The highest BCUT2D eigenvalue weighted by atomic mass is 35.5. The van der Waals surface area contributed by atoms with Crippen molar-refractivity contribution in [2.24, 2.45) is 0 Å². The van der Waals surface area contributed by atoms with Gasteiger partial charge in [0.05, 0.1) is 11.9 Å². The average Bonchev–Trinajstić information content (AvgIpc) is 4.17. The maximum atomic E-state index is 11.7. The zero-order valence-corrected chi connectivity index (χ0v) is 50.8. The van der Waals surface area contributed by atoms with Gasteiger partial charge < -0.3 is 59.4 Å². The van der Waals surface area contributed by atoms with Gasteiger partial charge in [-0.15, -0.1) is 23.2 Å². The van der Waals surface area contributed by atoms with Gasteiger partial charge in [0.15, 0.2) is 12.6 Å². The molecular formula is C55H90Cl3N5O12S. The molecule has 1 heterocycles. The molecule has 1 aliphatic heterocycles. The molecule has 3 aromatic rings. The number of halogens is 3. The maximum Gasteiger partial charge on any atom is 0.361 e. The van der Waals surface area contributed by atoms with Gasteiger partial charge in [-0.1, -0.05) is 89.7 Å². The fraction of sp³-hybridized carbons (Fsp3) is 0.564. The van der Waals surface area contributed by atoms with E-state index in [0.29, 0.717) is 23.5 Å². The van der Waals surface area contributed by atoms with Crippen molar-refractivity contribution in [2.45, 2.75) is 143 Å². The topological polar surface area (TPSA) is 270 Å². The summed E-state index contributed by atoms with van der Waals surface area (Å²) in [6.07, 6.45) is 1.82. The first-order valence-electron chi connectivity index (χ1n) is 24.2. The van der Waals surface area contributed by atoms with Crippen LogP contribution in [0.3, 0.4) is 0 Å². The molecule has 21 heteroatoms. The van der Waals surface area contributed by atoms with Crippen LogP contribution in [-0.4, -0.2) is 123 Å². The molecule has 2 atom stereocenters. The molecule has 4 rings (SSSR count). The predicted octanol–water partition coefficient (Wildman–Crippen LogP) is 5.87. The highest BCUT2D eigenvalue weighted by molar-refractivity contribution is 7.86. The van der Waals surface area contributed by atoms with Crippen molar-refractivity contribution in [1.82, 2.24) is 22.5 Å². The van der Waals surface area contributed by atoms with Crippen molar-refractivity contribution in [2.75, 3.05) is 57.5 Å². The number of alkyl halides is 2. The Morgan fingerprint density at radius 3 is 1.39 bits per heavy atom. The number of nitrogens with one attached hydrogen (secondary N) is 1. The van der Waals surface area contributed by atoms with E-state index in [1.54, 1.807) is 20.8 Å². The number of benzene rings is 3. The molecule has 76 heavy (non-hydrogen) atoms. The van der Waals surface area contributed by atoms with Crippen LogP contribution in [0.15, 0.2) is 85.5 Å². The molecule has 3 aromatic carbocycles. The summed E-state index contributed by atoms with van der Waals surface area (Å²) in [6.45, 7) is 34.4. The fourth-order valence-electron chi connectivity index (χ4n) is 6.58. The molecule has 0 bridgehead atoms. The van der Waals surface area contributed by atoms with Gasteiger partial charge in [0, 0.05) is 35.0 Å². The number of ether oxygens (including phenoxy) is 5. The van der Waals surface area contributed by atoms with Crippen molar-refractivity contribution < 1.29 is 73.6 Å². The number of hydrogen-bond acceptors (Lipinski definition) is 15. The van der Waals surface area contributed by atoms with Crippen LogP contribution < -0.4 is 45.2 Å². The lowest BCUT2D eigenvalue weighted by Crippen LogP contribution is -3.00. The summed E-state index contributed by atoms with van der Waals surface area (Å²) in [6, 6.07) is 24.3. The summed E-state index contributed by atoms with van der Waals surface area (Å²) in [5.41, 5.74) is 7.17. The van der Waals surface area contributed by atoms with E-state index < -0.39 is 33.8 Å². The highest BCUT2D eigenvalue weighted by Gasteiger charge is 2.30. The molecular weight excluding hydrogens is 1060 g/mol. The van der Waals surface area contributed by atoms with Crippen molar-refractivity contribution in [3.8, 4) is 11.5 Å². The van der Waals surface area contributed by atoms with Gasteiger partial charge in [-0.3, -0.25) is 23.5 Å². The Bertz CT molecular complexity index is 2310. The maximum absolute atomic E-state index is 11.7. The lowest BCUT2D eigenvalue weighted by Gasteiger charge is -2.31. The molecule has 1 amide bonds. The summed E-state index contributed by atoms with van der Waals surface area (Å²) in [5, 5.41) is 2.71. The molecule has 0 aliphatic carbocycles. The number of hydrogen-bond donors (Lipinski definition) is 4. The molecule has 0 saturated carbocycles. The SMILES string of the molecule is C=CC(=O)NC(C)(C)C.CC(C)(C)N1CC1.CC(C)(C)OS(C)(=O)=O.CCC(COc1ccc(C(C)(C)c2cccc(C(C)(C)c3ccc(OCC(COC(=O)CCl)OC(=O)CCl)cc3)c2)cc1)OC(=O)C[NH3+].N.N.[Cl-]. The molecule has 0 aromatic heterocycles. The van der Waals surface area contributed by atoms with E-state index in [0.717, 1.165) is 22.9 Å². The van der Waals surface area contributed by atoms with E-state index >= 15 is 0 Å². The second kappa shape index (κ2) is 34.4. The van der Waals surface area contributed by atoms with Crippen LogP contribution in [0.2, 0.25) is 0 Å². The molecule has 0 spiro atoms. The molecule has 434 valence electrons. The quantitative estimate of drug-likeness (QED) is 0.0257. The molecule has 10 N–H and O–H groups in total. The Morgan fingerprint density at radius 1 is 0.684 bits per heavy atom. The summed E-state index contributed by atoms with van der Waals surface area (Å²) in [4.78, 5) is 47.8. The van der Waals surface area contributed by atoms with E-state index in [-0.39, 0.29) is 97.2 Å². The summed E-state index contributed by atoms with van der Waals surface area (Å²) in [7, 11) is -3.28. The number of carbonyl (C=O) groups excluding carboxylic acids is 4. The van der Waals surface area contributed by atoms with Crippen molar-refractivity contribution in [1.29, 1.82) is 0 Å². The van der Waals surface area contributed by atoms with Gasteiger partial charge >= 0.3 is 17.9 Å². The van der Waals surface area contributed by atoms with E-state index in [4.69, 9.17) is 46.9 Å². The van der Waals surface area contributed by atoms with Gasteiger partial charge in [0.2, 0.25) is 5.91 Å². The molecule has 2 unspecified atom stereocenters. The minimum absolute atomic E-state index is 0. The van der Waals surface area contributed by atoms with Crippen LogP contribution >= 0.6 is 23.2 Å². The first-order chi connectivity index (χ1) is 33.6. The van der Waals surface area contributed by atoms with Gasteiger partial charge in [0.25, 0.3) is 10.1 Å². The average molecular weight is 1150 g/mol. The summed E-state index contributed by atoms with van der Waals surface area (Å²) in [5.74, 6) is -1.09. The second-order valence-corrected chi connectivity index (χ2v) is 23.4. The number of esters is 3. The largest absolute Gasteiger partial charge is 1.00 e. The van der Waals surface area contributed by atoms with Gasteiger partial charge in [-0.05, 0) is 121 Å². The third-order valence-corrected chi connectivity index (χ3v) is 12.0. The van der Waals surface area contributed by atoms with Crippen molar-refractivity contribution in [3.63, 3.8) is 0 Å². The Kier molecular flexibility index (Phi) is 34.3. The molecule has 0 radical (unpaired) electrons. The van der Waals surface area contributed by atoms with Crippen LogP contribution in [0.1, 0.15) is 126 Å². The van der Waals surface area contributed by atoms with Crippen LogP contribution in [-0.2, 0) is 58.5 Å². The monoisotopic (exact) mass is 1150 g/mol. The third-order valence-electron chi connectivity index (χ3n) is 10.7. The Balaban J connectivity index is -0.00000155. The highest BCUT2D eigenvalue weighted by Crippen LogP contribution is 2.38. The van der Waals surface area contributed by atoms with Crippen molar-refractivity contribution >= 4 is 57.1 Å². The van der Waals surface area contributed by atoms with Gasteiger partial charge in [-0.25, -0.2) is 4.79 Å². The van der Waals surface area contributed by atoms with Crippen LogP contribution in [0, 0.1) is 0 Å². The number of rotatable bonds is 20. The minimum Gasteiger partial charge on any atom is -1.00 e. The zero-order chi connectivity index (χ0) is 56.0.